The molecule has 3 heterocycles. The predicted octanol–water partition coefficient (Wildman–Crippen LogP) is 0.242. The molecular formula is C22H32N2O8S. The Kier molecular flexibility index (Phi) is 7.87. The average molecular weight is 485 g/mol. The van der Waals surface area contributed by atoms with E-state index in [9.17, 15) is 18.3 Å². The fourth-order valence-corrected chi connectivity index (χ4v) is 6.36. The number of morpholine rings is 1. The van der Waals surface area contributed by atoms with Crippen molar-refractivity contribution in [2.24, 2.45) is 0 Å². The number of amides is 1. The third-order valence-electron chi connectivity index (χ3n) is 6.35. The van der Waals surface area contributed by atoms with Gasteiger partial charge in [0.05, 0.1) is 69.2 Å². The van der Waals surface area contributed by atoms with Crippen molar-refractivity contribution in [1.82, 2.24) is 9.21 Å². The molecule has 0 spiro atoms. The third-order valence-corrected chi connectivity index (χ3v) is 8.23. The molecule has 3 aliphatic rings. The lowest BCUT2D eigenvalue weighted by molar-refractivity contribution is -0.153. The Morgan fingerprint density at radius 2 is 1.97 bits per heavy atom. The second kappa shape index (κ2) is 10.7. The number of nitrogens with zero attached hydrogens (tertiary/aromatic N) is 2. The van der Waals surface area contributed by atoms with E-state index in [1.807, 2.05) is 0 Å². The van der Waals surface area contributed by atoms with Gasteiger partial charge >= 0.3 is 0 Å². The van der Waals surface area contributed by atoms with Crippen molar-refractivity contribution >= 4 is 15.9 Å². The summed E-state index contributed by atoms with van der Waals surface area (Å²) in [6.07, 6.45) is -0.506. The Bertz CT molecular complexity index is 921. The van der Waals surface area contributed by atoms with Crippen molar-refractivity contribution in [2.45, 2.75) is 48.5 Å². The van der Waals surface area contributed by atoms with E-state index >= 15 is 0 Å². The summed E-state index contributed by atoms with van der Waals surface area (Å²) in [5.74, 6) is 0.454. The average Bonchev–Trinajstić information content (AvgIpc) is 2.82. The Morgan fingerprint density at radius 1 is 1.18 bits per heavy atom. The number of benzene rings is 1. The molecule has 1 amide bonds. The van der Waals surface area contributed by atoms with Gasteiger partial charge in [0.2, 0.25) is 15.9 Å². The first-order valence-electron chi connectivity index (χ1n) is 11.3. The number of aliphatic hydroxyl groups is 1. The van der Waals surface area contributed by atoms with Crippen LogP contribution in [0.25, 0.3) is 0 Å². The lowest BCUT2D eigenvalue weighted by Crippen LogP contribution is -2.57. The Labute approximate surface area is 194 Å². The molecule has 3 fully saturated rings. The predicted molar refractivity (Wildman–Crippen MR) is 117 cm³/mol. The van der Waals surface area contributed by atoms with Crippen LogP contribution in [0.15, 0.2) is 29.2 Å². The van der Waals surface area contributed by atoms with Gasteiger partial charge in [-0.1, -0.05) is 6.07 Å². The van der Waals surface area contributed by atoms with Gasteiger partial charge in [-0.05, 0) is 25.0 Å². The highest BCUT2D eigenvalue weighted by Gasteiger charge is 2.43. The second-order valence-electron chi connectivity index (χ2n) is 8.58. The summed E-state index contributed by atoms with van der Waals surface area (Å²) in [6.45, 7) is 2.28. The monoisotopic (exact) mass is 484 g/mol. The van der Waals surface area contributed by atoms with Crippen LogP contribution >= 0.6 is 0 Å². The summed E-state index contributed by atoms with van der Waals surface area (Å²) in [7, 11) is -2.45. The van der Waals surface area contributed by atoms with Crippen LogP contribution in [0.2, 0.25) is 0 Å². The lowest BCUT2D eigenvalue weighted by Gasteiger charge is -2.43. The molecule has 1 aromatic rings. The number of sulfonamides is 1. The standard InChI is InChI=1S/C22H32N2O8S/c1-29-17-3-2-4-19(11-17)33(27,28)24-13-16(25)14-31-15-21-20(24)6-5-18(32-21)12-22(26)23-7-9-30-10-8-23/h2-4,11,16,18,20-21,25H,5-10,12-15H2,1H3/t16-,18-,20-,21+/m1/s1. The van der Waals surface area contributed by atoms with Crippen LogP contribution in [0.4, 0.5) is 0 Å². The summed E-state index contributed by atoms with van der Waals surface area (Å²) in [5, 5.41) is 10.3. The van der Waals surface area contributed by atoms with E-state index in [1.165, 1.54) is 23.5 Å². The number of ether oxygens (including phenoxy) is 4. The number of carbonyl (C=O) groups is 1. The van der Waals surface area contributed by atoms with Crippen molar-refractivity contribution in [2.75, 3.05) is 53.2 Å². The van der Waals surface area contributed by atoms with Crippen molar-refractivity contribution < 1.29 is 37.3 Å². The fourth-order valence-electron chi connectivity index (χ4n) is 4.60. The molecular weight excluding hydrogens is 452 g/mol. The number of rotatable bonds is 5. The van der Waals surface area contributed by atoms with Gasteiger partial charge in [-0.25, -0.2) is 8.42 Å². The maximum atomic E-state index is 13.6. The molecule has 184 valence electrons. The minimum absolute atomic E-state index is 0.00802. The Balaban J connectivity index is 1.51. The minimum Gasteiger partial charge on any atom is -0.497 e. The molecule has 1 aromatic carbocycles. The maximum absolute atomic E-state index is 13.6. The number of methoxy groups -OCH3 is 1. The molecule has 1 N–H and O–H groups in total. The Hall–Kier alpha value is -1.76. The van der Waals surface area contributed by atoms with Crippen LogP contribution in [-0.4, -0.2) is 106 Å². The number of hydrogen-bond acceptors (Lipinski definition) is 8. The van der Waals surface area contributed by atoms with Gasteiger partial charge < -0.3 is 29.0 Å². The molecule has 0 radical (unpaired) electrons. The van der Waals surface area contributed by atoms with E-state index in [-0.39, 0.29) is 43.1 Å². The van der Waals surface area contributed by atoms with Gasteiger partial charge in [-0.2, -0.15) is 4.31 Å². The Morgan fingerprint density at radius 3 is 2.73 bits per heavy atom. The molecule has 4 atom stereocenters. The first-order valence-corrected chi connectivity index (χ1v) is 12.7. The van der Waals surface area contributed by atoms with E-state index in [2.05, 4.69) is 0 Å². The van der Waals surface area contributed by atoms with Crippen molar-refractivity contribution in [3.63, 3.8) is 0 Å². The van der Waals surface area contributed by atoms with Crippen molar-refractivity contribution in [3.8, 4) is 5.75 Å². The zero-order valence-electron chi connectivity index (χ0n) is 18.8. The van der Waals surface area contributed by atoms with E-state index in [4.69, 9.17) is 18.9 Å². The third kappa shape index (κ3) is 5.67. The molecule has 0 bridgehead atoms. The summed E-state index contributed by atoms with van der Waals surface area (Å²) >= 11 is 0. The molecule has 10 nitrogen and oxygen atoms in total. The van der Waals surface area contributed by atoms with E-state index in [1.54, 1.807) is 17.0 Å². The van der Waals surface area contributed by atoms with Gasteiger partial charge in [0.15, 0.2) is 0 Å². The number of fused-ring (bicyclic) bond motifs is 1. The smallest absolute Gasteiger partial charge is 0.243 e. The fraction of sp³-hybridized carbons (Fsp3) is 0.682. The van der Waals surface area contributed by atoms with Crippen LogP contribution in [0.3, 0.4) is 0 Å². The van der Waals surface area contributed by atoms with Gasteiger partial charge in [0.25, 0.3) is 0 Å². The number of β-amino-alcohol motifs (C(OH)–C–C–N with tert-alkyl or cyclic N) is 1. The van der Waals surface area contributed by atoms with Gasteiger partial charge in [-0.15, -0.1) is 0 Å². The van der Waals surface area contributed by atoms with Gasteiger partial charge in [-0.3, -0.25) is 4.79 Å². The zero-order valence-corrected chi connectivity index (χ0v) is 19.6. The minimum atomic E-state index is -3.93. The van der Waals surface area contributed by atoms with Crippen LogP contribution in [0, 0.1) is 0 Å². The quantitative estimate of drug-likeness (QED) is 0.632. The second-order valence-corrected chi connectivity index (χ2v) is 10.5. The first-order chi connectivity index (χ1) is 15.9. The van der Waals surface area contributed by atoms with Crippen LogP contribution in [0.1, 0.15) is 19.3 Å². The van der Waals surface area contributed by atoms with Crippen LogP contribution in [0.5, 0.6) is 5.75 Å². The zero-order chi connectivity index (χ0) is 23.4. The molecule has 0 aromatic heterocycles. The highest BCUT2D eigenvalue weighted by molar-refractivity contribution is 7.89. The lowest BCUT2D eigenvalue weighted by atomic mass is 9.96. The molecule has 11 heteroatoms. The normalized spacial score (nSPS) is 29.6. The molecule has 0 aliphatic carbocycles. The van der Waals surface area contributed by atoms with Crippen LogP contribution < -0.4 is 4.74 Å². The highest BCUT2D eigenvalue weighted by Crippen LogP contribution is 2.32. The van der Waals surface area contributed by atoms with Crippen molar-refractivity contribution in [1.29, 1.82) is 0 Å². The van der Waals surface area contributed by atoms with E-state index < -0.39 is 28.3 Å². The van der Waals surface area contributed by atoms with Crippen LogP contribution in [-0.2, 0) is 29.0 Å². The highest BCUT2D eigenvalue weighted by atomic mass is 32.2. The summed E-state index contributed by atoms with van der Waals surface area (Å²) in [5.41, 5.74) is 0. The molecule has 0 saturated carbocycles. The summed E-state index contributed by atoms with van der Waals surface area (Å²) in [6, 6.07) is 5.78. The number of hydrogen-bond donors (Lipinski definition) is 1. The molecule has 4 rings (SSSR count). The molecule has 33 heavy (non-hydrogen) atoms. The maximum Gasteiger partial charge on any atom is 0.243 e. The molecule has 3 saturated heterocycles. The largest absolute Gasteiger partial charge is 0.497 e. The van der Waals surface area contributed by atoms with Gasteiger partial charge in [0, 0.05) is 25.7 Å². The van der Waals surface area contributed by atoms with E-state index in [0.29, 0.717) is 44.9 Å². The number of aliphatic hydroxyl groups excluding tert-OH is 1. The molecule has 3 aliphatic heterocycles. The van der Waals surface area contributed by atoms with Gasteiger partial charge in [0.1, 0.15) is 5.75 Å². The SMILES string of the molecule is COc1cccc(S(=O)(=O)N2C[C@@H](O)COC[C@@H]3O[C@@H](CC(=O)N4CCOCC4)CC[C@H]32)c1. The first kappa shape index (κ1) is 24.4. The van der Waals surface area contributed by atoms with Crippen molar-refractivity contribution in [3.05, 3.63) is 24.3 Å². The molecule has 0 unspecified atom stereocenters. The summed E-state index contributed by atoms with van der Waals surface area (Å²) in [4.78, 5) is 14.5. The number of carbonyl (C=O) groups excluding carboxylic acids is 1. The topological polar surface area (TPSA) is 115 Å². The summed E-state index contributed by atoms with van der Waals surface area (Å²) < 4.78 is 50.8. The van der Waals surface area contributed by atoms with E-state index in [0.717, 1.165) is 0 Å².